The molecular formula is C11H14ClNS. The molecule has 1 nitrogen and oxygen atoms in total. The number of hydrogen-bond acceptors (Lipinski definition) is 2. The third-order valence-corrected chi connectivity index (χ3v) is 3.84. The van der Waals surface area contributed by atoms with Gasteiger partial charge in [-0.15, -0.1) is 11.8 Å². The molecule has 0 heterocycles. The van der Waals surface area contributed by atoms with Gasteiger partial charge in [0.15, 0.2) is 0 Å². The van der Waals surface area contributed by atoms with E-state index in [0.29, 0.717) is 0 Å². The molecular weight excluding hydrogens is 214 g/mol. The van der Waals surface area contributed by atoms with Crippen LogP contribution in [-0.2, 0) is 0 Å². The average Bonchev–Trinajstić information content (AvgIpc) is 2.88. The van der Waals surface area contributed by atoms with Crippen LogP contribution < -0.4 is 5.73 Å². The molecule has 1 saturated carbocycles. The maximum Gasteiger partial charge on any atom is 0.0406 e. The van der Waals surface area contributed by atoms with E-state index in [-0.39, 0.29) is 5.54 Å². The van der Waals surface area contributed by atoms with Crippen molar-refractivity contribution in [1.29, 1.82) is 0 Å². The standard InChI is InChI=1S/C11H14ClNS/c12-9-1-3-10(4-2-9)14-8-7-11(13)5-6-11/h1-4H,5-8,13H2. The summed E-state index contributed by atoms with van der Waals surface area (Å²) in [6.07, 6.45) is 3.53. The molecule has 0 atom stereocenters. The Bertz CT molecular complexity index is 306. The van der Waals surface area contributed by atoms with Gasteiger partial charge in [0, 0.05) is 15.5 Å². The van der Waals surface area contributed by atoms with Crippen molar-refractivity contribution in [2.24, 2.45) is 5.73 Å². The first kappa shape index (κ1) is 10.3. The Morgan fingerprint density at radius 3 is 2.50 bits per heavy atom. The number of rotatable bonds is 4. The van der Waals surface area contributed by atoms with E-state index in [1.807, 2.05) is 23.9 Å². The van der Waals surface area contributed by atoms with Crippen LogP contribution in [0.5, 0.6) is 0 Å². The van der Waals surface area contributed by atoms with E-state index < -0.39 is 0 Å². The van der Waals surface area contributed by atoms with Crippen LogP contribution in [0.1, 0.15) is 19.3 Å². The lowest BCUT2D eigenvalue weighted by Crippen LogP contribution is -2.21. The molecule has 1 aliphatic carbocycles. The van der Waals surface area contributed by atoms with E-state index in [9.17, 15) is 0 Å². The van der Waals surface area contributed by atoms with Gasteiger partial charge in [-0.3, -0.25) is 0 Å². The normalized spacial score (nSPS) is 18.1. The number of halogens is 1. The first-order chi connectivity index (χ1) is 6.68. The third kappa shape index (κ3) is 2.91. The molecule has 2 rings (SSSR count). The summed E-state index contributed by atoms with van der Waals surface area (Å²) in [7, 11) is 0. The summed E-state index contributed by atoms with van der Waals surface area (Å²) < 4.78 is 0. The molecule has 0 spiro atoms. The second-order valence-corrected chi connectivity index (χ2v) is 5.52. The van der Waals surface area contributed by atoms with Crippen molar-refractivity contribution in [3.8, 4) is 0 Å². The molecule has 14 heavy (non-hydrogen) atoms. The van der Waals surface area contributed by atoms with Gasteiger partial charge in [-0.2, -0.15) is 0 Å². The molecule has 0 radical (unpaired) electrons. The molecule has 0 bridgehead atoms. The average molecular weight is 228 g/mol. The summed E-state index contributed by atoms with van der Waals surface area (Å²) in [5, 5.41) is 0.798. The lowest BCUT2D eigenvalue weighted by atomic mass is 10.2. The van der Waals surface area contributed by atoms with Crippen LogP contribution in [0.4, 0.5) is 0 Å². The number of thioether (sulfide) groups is 1. The van der Waals surface area contributed by atoms with Gasteiger partial charge in [0.2, 0.25) is 0 Å². The monoisotopic (exact) mass is 227 g/mol. The first-order valence-electron chi connectivity index (χ1n) is 4.85. The van der Waals surface area contributed by atoms with Crippen LogP contribution in [0.3, 0.4) is 0 Å². The fourth-order valence-corrected chi connectivity index (χ4v) is 2.51. The SMILES string of the molecule is NC1(CCSc2ccc(Cl)cc2)CC1. The van der Waals surface area contributed by atoms with Gasteiger partial charge >= 0.3 is 0 Å². The minimum absolute atomic E-state index is 0.180. The van der Waals surface area contributed by atoms with Crippen LogP contribution >= 0.6 is 23.4 Å². The van der Waals surface area contributed by atoms with Gasteiger partial charge in [-0.25, -0.2) is 0 Å². The van der Waals surface area contributed by atoms with Gasteiger partial charge in [-0.05, 0) is 49.3 Å². The zero-order valence-corrected chi connectivity index (χ0v) is 9.57. The Kier molecular flexibility index (Phi) is 3.05. The largest absolute Gasteiger partial charge is 0.325 e. The molecule has 1 aromatic rings. The van der Waals surface area contributed by atoms with Crippen LogP contribution in [-0.4, -0.2) is 11.3 Å². The van der Waals surface area contributed by atoms with Crippen molar-refractivity contribution < 1.29 is 0 Å². The van der Waals surface area contributed by atoms with E-state index in [0.717, 1.165) is 17.2 Å². The van der Waals surface area contributed by atoms with Crippen molar-refractivity contribution >= 4 is 23.4 Å². The highest BCUT2D eigenvalue weighted by molar-refractivity contribution is 7.99. The Morgan fingerprint density at radius 1 is 1.29 bits per heavy atom. The van der Waals surface area contributed by atoms with Crippen LogP contribution in [0.25, 0.3) is 0 Å². The minimum Gasteiger partial charge on any atom is -0.325 e. The molecule has 0 saturated heterocycles. The second-order valence-electron chi connectivity index (χ2n) is 3.91. The van der Waals surface area contributed by atoms with Crippen molar-refractivity contribution in [2.75, 3.05) is 5.75 Å². The topological polar surface area (TPSA) is 26.0 Å². The lowest BCUT2D eigenvalue weighted by Gasteiger charge is -2.07. The summed E-state index contributed by atoms with van der Waals surface area (Å²) in [4.78, 5) is 1.28. The lowest BCUT2D eigenvalue weighted by molar-refractivity contribution is 0.656. The van der Waals surface area contributed by atoms with Crippen LogP contribution in [0, 0.1) is 0 Å². The highest BCUT2D eigenvalue weighted by atomic mass is 35.5. The first-order valence-corrected chi connectivity index (χ1v) is 6.22. The van der Waals surface area contributed by atoms with Crippen molar-refractivity contribution in [3.63, 3.8) is 0 Å². The summed E-state index contributed by atoms with van der Waals surface area (Å²) in [6.45, 7) is 0. The zero-order chi connectivity index (χ0) is 10.0. The molecule has 1 aliphatic rings. The molecule has 0 amide bonds. The molecule has 1 fully saturated rings. The number of nitrogens with two attached hydrogens (primary N) is 1. The summed E-state index contributed by atoms with van der Waals surface area (Å²) in [6, 6.07) is 7.98. The maximum atomic E-state index is 6.00. The summed E-state index contributed by atoms with van der Waals surface area (Å²) >= 11 is 7.66. The molecule has 3 heteroatoms. The Labute approximate surface area is 94.0 Å². The van der Waals surface area contributed by atoms with Gasteiger partial charge < -0.3 is 5.73 Å². The van der Waals surface area contributed by atoms with E-state index in [1.54, 1.807) is 0 Å². The van der Waals surface area contributed by atoms with Crippen molar-refractivity contribution in [1.82, 2.24) is 0 Å². The van der Waals surface area contributed by atoms with Crippen molar-refractivity contribution in [2.45, 2.75) is 29.7 Å². The quantitative estimate of drug-likeness (QED) is 0.799. The van der Waals surface area contributed by atoms with Gasteiger partial charge in [0.05, 0.1) is 0 Å². The minimum atomic E-state index is 0.180. The predicted molar refractivity (Wildman–Crippen MR) is 62.9 cm³/mol. The van der Waals surface area contributed by atoms with Crippen LogP contribution in [0.2, 0.25) is 5.02 Å². The fraction of sp³-hybridized carbons (Fsp3) is 0.455. The van der Waals surface area contributed by atoms with Gasteiger partial charge in [0.1, 0.15) is 0 Å². The van der Waals surface area contributed by atoms with Crippen molar-refractivity contribution in [3.05, 3.63) is 29.3 Å². The molecule has 76 valence electrons. The summed E-state index contributed by atoms with van der Waals surface area (Å²) in [5.74, 6) is 1.11. The van der Waals surface area contributed by atoms with Crippen LogP contribution in [0.15, 0.2) is 29.2 Å². The maximum absolute atomic E-state index is 6.00. The summed E-state index contributed by atoms with van der Waals surface area (Å²) in [5.41, 5.74) is 6.18. The Hall–Kier alpha value is -0.180. The molecule has 0 aliphatic heterocycles. The molecule has 2 N–H and O–H groups in total. The Morgan fingerprint density at radius 2 is 1.93 bits per heavy atom. The molecule has 0 aromatic heterocycles. The highest BCUT2D eigenvalue weighted by Crippen LogP contribution is 2.37. The second kappa shape index (κ2) is 4.13. The number of hydrogen-bond donors (Lipinski definition) is 1. The van der Waals surface area contributed by atoms with E-state index in [1.165, 1.54) is 17.7 Å². The smallest absolute Gasteiger partial charge is 0.0406 e. The van der Waals surface area contributed by atoms with E-state index >= 15 is 0 Å². The zero-order valence-electron chi connectivity index (χ0n) is 8.00. The van der Waals surface area contributed by atoms with E-state index in [4.69, 9.17) is 17.3 Å². The van der Waals surface area contributed by atoms with Gasteiger partial charge in [0.25, 0.3) is 0 Å². The fourth-order valence-electron chi connectivity index (χ4n) is 1.31. The predicted octanol–water partition coefficient (Wildman–Crippen LogP) is 3.31. The molecule has 1 aromatic carbocycles. The van der Waals surface area contributed by atoms with Gasteiger partial charge in [-0.1, -0.05) is 11.6 Å². The molecule has 0 unspecified atom stereocenters. The number of benzene rings is 1. The Balaban J connectivity index is 1.77. The highest BCUT2D eigenvalue weighted by Gasteiger charge is 2.37. The third-order valence-electron chi connectivity index (χ3n) is 2.57. The van der Waals surface area contributed by atoms with E-state index in [2.05, 4.69) is 12.1 Å².